The Morgan fingerprint density at radius 3 is 2.50 bits per heavy atom. The van der Waals surface area contributed by atoms with E-state index in [9.17, 15) is 26.4 Å². The Balaban J connectivity index is 1.54. The minimum atomic E-state index is -4.48. The molecule has 1 aliphatic heterocycles. The fourth-order valence-corrected chi connectivity index (χ4v) is 5.60. The van der Waals surface area contributed by atoms with Crippen molar-refractivity contribution in [3.8, 4) is 0 Å². The fourth-order valence-electron chi connectivity index (χ4n) is 3.28. The van der Waals surface area contributed by atoms with Crippen LogP contribution >= 0.6 is 11.3 Å². The number of nitrogens with one attached hydrogen (secondary N) is 2. The van der Waals surface area contributed by atoms with Crippen molar-refractivity contribution in [1.82, 2.24) is 9.62 Å². The number of halogens is 3. The Labute approximate surface area is 177 Å². The van der Waals surface area contributed by atoms with Crippen molar-refractivity contribution in [3.05, 3.63) is 47.3 Å². The summed E-state index contributed by atoms with van der Waals surface area (Å²) in [6, 6.07) is 6.92. The van der Waals surface area contributed by atoms with E-state index >= 15 is 0 Å². The second-order valence-corrected chi connectivity index (χ2v) is 10.00. The van der Waals surface area contributed by atoms with Gasteiger partial charge in [-0.1, -0.05) is 12.1 Å². The van der Waals surface area contributed by atoms with Crippen LogP contribution in [0, 0.1) is 0 Å². The summed E-state index contributed by atoms with van der Waals surface area (Å²) < 4.78 is 66.1. The maximum Gasteiger partial charge on any atom is 0.416 e. The summed E-state index contributed by atoms with van der Waals surface area (Å²) in [6.45, 7) is 2.67. The lowest BCUT2D eigenvalue weighted by molar-refractivity contribution is -0.137. The van der Waals surface area contributed by atoms with E-state index < -0.39 is 33.7 Å². The average Bonchev–Trinajstić information content (AvgIpc) is 3.23. The topological polar surface area (TPSA) is 78.5 Å². The van der Waals surface area contributed by atoms with Crippen molar-refractivity contribution in [2.24, 2.45) is 0 Å². The molecule has 2 N–H and O–H groups in total. The molecule has 3 rings (SSSR count). The zero-order valence-corrected chi connectivity index (χ0v) is 17.8. The molecule has 1 fully saturated rings. The van der Waals surface area contributed by atoms with Gasteiger partial charge in [0.2, 0.25) is 15.9 Å². The van der Waals surface area contributed by atoms with Crippen molar-refractivity contribution in [1.29, 1.82) is 0 Å². The molecule has 0 aliphatic carbocycles. The molecule has 1 aromatic heterocycles. The van der Waals surface area contributed by atoms with Crippen molar-refractivity contribution in [2.75, 3.05) is 18.4 Å². The summed E-state index contributed by atoms with van der Waals surface area (Å²) in [5.74, 6) is -0.410. The lowest BCUT2D eigenvalue weighted by Crippen LogP contribution is -2.50. The third-order valence-electron chi connectivity index (χ3n) is 5.00. The van der Waals surface area contributed by atoms with Gasteiger partial charge in [-0.3, -0.25) is 9.69 Å². The molecule has 1 amide bonds. The Bertz CT molecular complexity index is 970. The van der Waals surface area contributed by atoms with E-state index in [0.29, 0.717) is 25.9 Å². The third-order valence-corrected chi connectivity index (χ3v) is 7.91. The molecule has 1 atom stereocenters. The Morgan fingerprint density at radius 2 is 1.90 bits per heavy atom. The molecule has 0 spiro atoms. The minimum absolute atomic E-state index is 0.0836. The first kappa shape index (κ1) is 22.7. The molecule has 11 heteroatoms. The molecule has 0 bridgehead atoms. The van der Waals surface area contributed by atoms with E-state index in [1.165, 1.54) is 12.1 Å². The van der Waals surface area contributed by atoms with Crippen molar-refractivity contribution >= 4 is 33.0 Å². The summed E-state index contributed by atoms with van der Waals surface area (Å²) in [5.41, 5.74) is -0.743. The molecule has 2 heterocycles. The number of hydrogen-bond acceptors (Lipinski definition) is 5. The van der Waals surface area contributed by atoms with Gasteiger partial charge in [-0.15, -0.1) is 11.3 Å². The van der Waals surface area contributed by atoms with Gasteiger partial charge in [-0.25, -0.2) is 13.1 Å². The van der Waals surface area contributed by atoms with Crippen LogP contribution in [0.3, 0.4) is 0 Å². The van der Waals surface area contributed by atoms with Crippen LogP contribution in [0.1, 0.15) is 25.3 Å². The highest BCUT2D eigenvalue weighted by Gasteiger charge is 2.32. The van der Waals surface area contributed by atoms with Crippen LogP contribution in [0.5, 0.6) is 0 Å². The van der Waals surface area contributed by atoms with Crippen molar-refractivity contribution < 1.29 is 26.4 Å². The van der Waals surface area contributed by atoms with E-state index in [1.54, 1.807) is 24.4 Å². The number of likely N-dealkylation sites (tertiary alicyclic amines) is 1. The Kier molecular flexibility index (Phi) is 6.85. The maximum atomic E-state index is 12.8. The smallest absolute Gasteiger partial charge is 0.325 e. The quantitative estimate of drug-likeness (QED) is 0.690. The van der Waals surface area contributed by atoms with Crippen LogP contribution in [0.15, 0.2) is 46.0 Å². The predicted molar refractivity (Wildman–Crippen MR) is 109 cm³/mol. The number of piperidine rings is 1. The number of rotatable bonds is 6. The monoisotopic (exact) mass is 461 g/mol. The molecule has 1 aliphatic rings. The zero-order chi connectivity index (χ0) is 21.9. The van der Waals surface area contributed by atoms with Gasteiger partial charge in [0.1, 0.15) is 4.21 Å². The molecule has 1 saturated heterocycles. The molecule has 0 saturated carbocycles. The molecular weight excluding hydrogens is 439 g/mol. The molecule has 1 unspecified atom stereocenters. The van der Waals surface area contributed by atoms with Crippen LogP contribution in [0.25, 0.3) is 0 Å². The standard InChI is InChI=1S/C19H22F3N3O3S2/c1-13(18(26)23-16-5-2-4-14(12-16)19(20,21)22)25-9-7-15(8-10-25)24-30(27,28)17-6-3-11-29-17/h2-6,11-13,15,24H,7-10H2,1H3,(H,23,26). The first-order chi connectivity index (χ1) is 14.1. The largest absolute Gasteiger partial charge is 0.416 e. The van der Waals surface area contributed by atoms with E-state index in [-0.39, 0.29) is 15.9 Å². The number of carbonyl (C=O) groups excluding carboxylic acids is 1. The van der Waals surface area contributed by atoms with Crippen LogP contribution in [0.4, 0.5) is 18.9 Å². The van der Waals surface area contributed by atoms with Crippen LogP contribution < -0.4 is 10.0 Å². The summed E-state index contributed by atoms with van der Waals surface area (Å²) >= 11 is 1.15. The number of nitrogens with zero attached hydrogens (tertiary/aromatic N) is 1. The summed E-state index contributed by atoms with van der Waals surface area (Å²) in [7, 11) is -3.55. The van der Waals surface area contributed by atoms with E-state index in [1.807, 2.05) is 4.90 Å². The first-order valence-corrected chi connectivity index (χ1v) is 11.7. The van der Waals surface area contributed by atoms with Crippen molar-refractivity contribution in [2.45, 2.75) is 42.2 Å². The number of amides is 1. The lowest BCUT2D eigenvalue weighted by atomic mass is 10.0. The number of benzene rings is 1. The zero-order valence-electron chi connectivity index (χ0n) is 16.1. The van der Waals surface area contributed by atoms with E-state index in [0.717, 1.165) is 23.5 Å². The number of alkyl halides is 3. The van der Waals surface area contributed by atoms with Gasteiger partial charge >= 0.3 is 6.18 Å². The highest BCUT2D eigenvalue weighted by molar-refractivity contribution is 7.91. The molecule has 6 nitrogen and oxygen atoms in total. The summed E-state index contributed by atoms with van der Waals surface area (Å²) in [6.07, 6.45) is -3.41. The Hall–Kier alpha value is -1.95. The second-order valence-electron chi connectivity index (χ2n) is 7.11. The van der Waals surface area contributed by atoms with Crippen LogP contribution in [-0.2, 0) is 21.0 Å². The number of anilines is 1. The summed E-state index contributed by atoms with van der Waals surface area (Å²) in [4.78, 5) is 14.4. The average molecular weight is 462 g/mol. The molecule has 30 heavy (non-hydrogen) atoms. The van der Waals surface area contributed by atoms with Gasteiger partial charge in [0, 0.05) is 24.8 Å². The highest BCUT2D eigenvalue weighted by Crippen LogP contribution is 2.30. The van der Waals surface area contributed by atoms with Crippen LogP contribution in [0.2, 0.25) is 0 Å². The third kappa shape index (κ3) is 5.60. The molecule has 1 aromatic carbocycles. The van der Waals surface area contributed by atoms with Gasteiger partial charge in [0.05, 0.1) is 11.6 Å². The van der Waals surface area contributed by atoms with Crippen molar-refractivity contribution in [3.63, 3.8) is 0 Å². The number of thiophene rings is 1. The highest BCUT2D eigenvalue weighted by atomic mass is 32.2. The number of hydrogen-bond donors (Lipinski definition) is 2. The predicted octanol–water partition coefficient (Wildman–Crippen LogP) is 3.54. The van der Waals surface area contributed by atoms with Gasteiger partial charge < -0.3 is 5.32 Å². The Morgan fingerprint density at radius 1 is 1.20 bits per heavy atom. The normalized spacial score (nSPS) is 17.6. The lowest BCUT2D eigenvalue weighted by Gasteiger charge is -2.35. The SMILES string of the molecule is CC(C(=O)Nc1cccc(C(F)(F)F)c1)N1CCC(NS(=O)(=O)c2cccs2)CC1. The van der Waals surface area contributed by atoms with E-state index in [4.69, 9.17) is 0 Å². The van der Waals surface area contributed by atoms with Gasteiger partial charge in [-0.2, -0.15) is 13.2 Å². The molecule has 2 aromatic rings. The maximum absolute atomic E-state index is 12.8. The number of carbonyl (C=O) groups is 1. The fraction of sp³-hybridized carbons (Fsp3) is 0.421. The summed E-state index contributed by atoms with van der Waals surface area (Å²) in [5, 5.41) is 4.23. The minimum Gasteiger partial charge on any atom is -0.325 e. The molecule has 0 radical (unpaired) electrons. The van der Waals surface area contributed by atoms with Gasteiger partial charge in [0.15, 0.2) is 0 Å². The van der Waals surface area contributed by atoms with Gasteiger partial charge in [0.25, 0.3) is 0 Å². The second kappa shape index (κ2) is 9.04. The molecule has 164 valence electrons. The first-order valence-electron chi connectivity index (χ1n) is 9.34. The van der Waals surface area contributed by atoms with E-state index in [2.05, 4.69) is 10.0 Å². The van der Waals surface area contributed by atoms with Crippen LogP contribution in [-0.4, -0.2) is 44.4 Å². The number of sulfonamides is 1. The molecular formula is C19H22F3N3O3S2. The van der Waals surface area contributed by atoms with Gasteiger partial charge in [-0.05, 0) is 49.4 Å².